The predicted molar refractivity (Wildman–Crippen MR) is 90.9 cm³/mol. The maximum Gasteiger partial charge on any atom is 0.121 e. The standard InChI is InChI=1S/C18H27N3O/c1-6-20(5)12-13-22-16-9-7-8-15(14-16)21-11-10-17(19-21)18(2,3)4/h7-11,14H,6,12-13H2,1-5H3. The van der Waals surface area contributed by atoms with E-state index in [-0.39, 0.29) is 5.41 Å². The average molecular weight is 301 g/mol. The molecule has 1 aromatic heterocycles. The van der Waals surface area contributed by atoms with Crippen LogP contribution in [-0.2, 0) is 5.41 Å². The molecule has 0 fully saturated rings. The van der Waals surface area contributed by atoms with Gasteiger partial charge in [0.15, 0.2) is 0 Å². The minimum atomic E-state index is 0.0596. The van der Waals surface area contributed by atoms with Crippen molar-refractivity contribution in [2.24, 2.45) is 0 Å². The molecule has 0 aliphatic heterocycles. The van der Waals surface area contributed by atoms with Gasteiger partial charge in [0.1, 0.15) is 12.4 Å². The van der Waals surface area contributed by atoms with Crippen molar-refractivity contribution in [2.75, 3.05) is 26.7 Å². The van der Waals surface area contributed by atoms with Gasteiger partial charge in [-0.2, -0.15) is 5.10 Å². The first-order chi connectivity index (χ1) is 10.4. The molecular weight excluding hydrogens is 274 g/mol. The zero-order valence-corrected chi connectivity index (χ0v) is 14.3. The molecule has 0 amide bonds. The number of benzene rings is 1. The third-order valence-corrected chi connectivity index (χ3v) is 3.72. The molecule has 0 saturated carbocycles. The molecule has 120 valence electrons. The molecule has 22 heavy (non-hydrogen) atoms. The van der Waals surface area contributed by atoms with E-state index in [1.54, 1.807) is 0 Å². The van der Waals surface area contributed by atoms with Gasteiger partial charge < -0.3 is 9.64 Å². The van der Waals surface area contributed by atoms with Crippen molar-refractivity contribution in [3.8, 4) is 11.4 Å². The van der Waals surface area contributed by atoms with Crippen molar-refractivity contribution in [3.63, 3.8) is 0 Å². The van der Waals surface area contributed by atoms with E-state index in [9.17, 15) is 0 Å². The lowest BCUT2D eigenvalue weighted by Gasteiger charge is -2.15. The van der Waals surface area contributed by atoms with Gasteiger partial charge in [-0.15, -0.1) is 0 Å². The van der Waals surface area contributed by atoms with E-state index in [2.05, 4.69) is 50.8 Å². The molecule has 0 aliphatic carbocycles. The Kier molecular flexibility index (Phi) is 5.24. The molecule has 0 unspecified atom stereocenters. The van der Waals surface area contributed by atoms with Crippen LogP contribution in [-0.4, -0.2) is 41.4 Å². The molecule has 1 aromatic carbocycles. The normalized spacial score (nSPS) is 11.9. The summed E-state index contributed by atoms with van der Waals surface area (Å²) in [5.74, 6) is 0.884. The Balaban J connectivity index is 2.06. The summed E-state index contributed by atoms with van der Waals surface area (Å²) in [5.41, 5.74) is 2.17. The molecule has 0 aliphatic rings. The highest BCUT2D eigenvalue weighted by atomic mass is 16.5. The predicted octanol–water partition coefficient (Wildman–Crippen LogP) is 3.50. The Bertz CT molecular complexity index is 598. The van der Waals surface area contributed by atoms with Crippen LogP contribution in [0, 0.1) is 0 Å². The third kappa shape index (κ3) is 4.34. The summed E-state index contributed by atoms with van der Waals surface area (Å²) in [4.78, 5) is 2.23. The van der Waals surface area contributed by atoms with Crippen molar-refractivity contribution >= 4 is 0 Å². The Morgan fingerprint density at radius 1 is 1.23 bits per heavy atom. The van der Waals surface area contributed by atoms with Crippen molar-refractivity contribution in [3.05, 3.63) is 42.2 Å². The maximum atomic E-state index is 5.83. The van der Waals surface area contributed by atoms with Gasteiger partial charge in [0.25, 0.3) is 0 Å². The van der Waals surface area contributed by atoms with Gasteiger partial charge in [0.2, 0.25) is 0 Å². The number of nitrogens with zero attached hydrogens (tertiary/aromatic N) is 3. The second-order valence-corrected chi connectivity index (χ2v) is 6.64. The molecule has 2 rings (SSSR count). The van der Waals surface area contributed by atoms with Crippen molar-refractivity contribution in [1.29, 1.82) is 0 Å². The van der Waals surface area contributed by atoms with Crippen molar-refractivity contribution in [1.82, 2.24) is 14.7 Å². The first-order valence-corrected chi connectivity index (χ1v) is 7.88. The SMILES string of the molecule is CCN(C)CCOc1cccc(-n2ccc(C(C)(C)C)n2)c1. The van der Waals surface area contributed by atoms with Crippen LogP contribution < -0.4 is 4.74 Å². The van der Waals surface area contributed by atoms with Crippen LogP contribution in [0.2, 0.25) is 0 Å². The number of rotatable bonds is 6. The third-order valence-electron chi connectivity index (χ3n) is 3.72. The quantitative estimate of drug-likeness (QED) is 0.818. The zero-order chi connectivity index (χ0) is 16.2. The van der Waals surface area contributed by atoms with E-state index in [0.29, 0.717) is 6.61 Å². The van der Waals surface area contributed by atoms with E-state index in [4.69, 9.17) is 4.74 Å². The number of aromatic nitrogens is 2. The van der Waals surface area contributed by atoms with Gasteiger partial charge in [-0.25, -0.2) is 4.68 Å². The van der Waals surface area contributed by atoms with Gasteiger partial charge in [-0.3, -0.25) is 0 Å². The summed E-state index contributed by atoms with van der Waals surface area (Å²) < 4.78 is 7.74. The number of ether oxygens (including phenoxy) is 1. The van der Waals surface area contributed by atoms with E-state index in [1.807, 2.05) is 35.1 Å². The van der Waals surface area contributed by atoms with Gasteiger partial charge in [-0.1, -0.05) is 33.8 Å². The van der Waals surface area contributed by atoms with Gasteiger partial charge in [-0.05, 0) is 31.8 Å². The van der Waals surface area contributed by atoms with Crippen LogP contribution in [0.1, 0.15) is 33.4 Å². The monoisotopic (exact) mass is 301 g/mol. The first-order valence-electron chi connectivity index (χ1n) is 7.88. The molecule has 0 N–H and O–H groups in total. The molecule has 0 atom stereocenters. The average Bonchev–Trinajstić information content (AvgIpc) is 2.97. The maximum absolute atomic E-state index is 5.83. The second kappa shape index (κ2) is 6.97. The molecule has 4 heteroatoms. The van der Waals surface area contributed by atoms with Crippen LogP contribution in [0.3, 0.4) is 0 Å². The molecule has 0 bridgehead atoms. The largest absolute Gasteiger partial charge is 0.492 e. The summed E-state index contributed by atoms with van der Waals surface area (Å²) in [6, 6.07) is 10.1. The van der Waals surface area contributed by atoms with Crippen molar-refractivity contribution < 1.29 is 4.74 Å². The van der Waals surface area contributed by atoms with Crippen LogP contribution in [0.4, 0.5) is 0 Å². The van der Waals surface area contributed by atoms with Crippen LogP contribution in [0.25, 0.3) is 5.69 Å². The number of likely N-dealkylation sites (N-methyl/N-ethyl adjacent to an activating group) is 1. The molecule has 1 heterocycles. The topological polar surface area (TPSA) is 30.3 Å². The summed E-state index contributed by atoms with van der Waals surface area (Å²) in [6.07, 6.45) is 2.00. The minimum Gasteiger partial charge on any atom is -0.492 e. The Labute approximate surface area is 133 Å². The molecule has 0 spiro atoms. The highest BCUT2D eigenvalue weighted by Crippen LogP contribution is 2.22. The van der Waals surface area contributed by atoms with E-state index < -0.39 is 0 Å². The molecular formula is C18H27N3O. The van der Waals surface area contributed by atoms with Gasteiger partial charge >= 0.3 is 0 Å². The fourth-order valence-corrected chi connectivity index (χ4v) is 2.06. The second-order valence-electron chi connectivity index (χ2n) is 6.64. The van der Waals surface area contributed by atoms with E-state index in [0.717, 1.165) is 30.2 Å². The number of hydrogen-bond donors (Lipinski definition) is 0. The van der Waals surface area contributed by atoms with Gasteiger partial charge in [0, 0.05) is 24.2 Å². The summed E-state index contributed by atoms with van der Waals surface area (Å²) in [5, 5.41) is 4.67. The lowest BCUT2D eigenvalue weighted by Crippen LogP contribution is -2.23. The lowest BCUT2D eigenvalue weighted by molar-refractivity contribution is 0.244. The van der Waals surface area contributed by atoms with Crippen LogP contribution in [0.5, 0.6) is 5.75 Å². The molecule has 4 nitrogen and oxygen atoms in total. The van der Waals surface area contributed by atoms with Crippen molar-refractivity contribution in [2.45, 2.75) is 33.1 Å². The highest BCUT2D eigenvalue weighted by molar-refractivity contribution is 5.39. The molecule has 2 aromatic rings. The lowest BCUT2D eigenvalue weighted by atomic mass is 9.93. The number of hydrogen-bond acceptors (Lipinski definition) is 3. The molecule has 0 saturated heterocycles. The van der Waals surface area contributed by atoms with Crippen LogP contribution in [0.15, 0.2) is 36.5 Å². The summed E-state index contributed by atoms with van der Waals surface area (Å²) in [7, 11) is 2.09. The highest BCUT2D eigenvalue weighted by Gasteiger charge is 2.17. The zero-order valence-electron chi connectivity index (χ0n) is 14.3. The fraction of sp³-hybridized carbons (Fsp3) is 0.500. The van der Waals surface area contributed by atoms with E-state index >= 15 is 0 Å². The fourth-order valence-electron chi connectivity index (χ4n) is 2.06. The first kappa shape index (κ1) is 16.6. The molecule has 0 radical (unpaired) electrons. The summed E-state index contributed by atoms with van der Waals surface area (Å²) >= 11 is 0. The van der Waals surface area contributed by atoms with Crippen LogP contribution >= 0.6 is 0 Å². The minimum absolute atomic E-state index is 0.0596. The Hall–Kier alpha value is -1.81. The summed E-state index contributed by atoms with van der Waals surface area (Å²) in [6.45, 7) is 11.3. The Morgan fingerprint density at radius 2 is 2.00 bits per heavy atom. The van der Waals surface area contributed by atoms with E-state index in [1.165, 1.54) is 0 Å². The van der Waals surface area contributed by atoms with Gasteiger partial charge in [0.05, 0.1) is 11.4 Å². The smallest absolute Gasteiger partial charge is 0.121 e. The Morgan fingerprint density at radius 3 is 2.64 bits per heavy atom.